The highest BCUT2D eigenvalue weighted by atomic mass is 79.9. The first-order chi connectivity index (χ1) is 7.16. The molecule has 2 atom stereocenters. The van der Waals surface area contributed by atoms with Crippen LogP contribution in [0, 0.1) is 0 Å². The Balaban J connectivity index is 2.17. The van der Waals surface area contributed by atoms with Crippen molar-refractivity contribution in [2.24, 2.45) is 0 Å². The lowest BCUT2D eigenvalue weighted by Crippen LogP contribution is -2.42. The summed E-state index contributed by atoms with van der Waals surface area (Å²) in [6.45, 7) is 0. The third kappa shape index (κ3) is 2.35. The van der Waals surface area contributed by atoms with Gasteiger partial charge in [-0.3, -0.25) is 9.78 Å². The Labute approximate surface area is 95.8 Å². The van der Waals surface area contributed by atoms with Crippen molar-refractivity contribution >= 4 is 21.8 Å². The number of rotatable bonds is 1. The topological polar surface area (TPSA) is 62.2 Å². The van der Waals surface area contributed by atoms with E-state index < -0.39 is 6.23 Å². The van der Waals surface area contributed by atoms with Gasteiger partial charge in [0.2, 0.25) is 5.91 Å². The van der Waals surface area contributed by atoms with Crippen molar-refractivity contribution in [3.05, 3.63) is 28.5 Å². The second kappa shape index (κ2) is 4.28. The molecule has 0 radical (unpaired) electrons. The highest BCUT2D eigenvalue weighted by molar-refractivity contribution is 9.10. The van der Waals surface area contributed by atoms with E-state index in [1.807, 2.05) is 12.1 Å². The summed E-state index contributed by atoms with van der Waals surface area (Å²) in [5, 5.41) is 11.7. The molecule has 1 fully saturated rings. The van der Waals surface area contributed by atoms with Gasteiger partial charge in [0.15, 0.2) is 0 Å². The molecule has 4 nitrogen and oxygen atoms in total. The van der Waals surface area contributed by atoms with Crippen LogP contribution in [0.4, 0.5) is 0 Å². The molecule has 0 aromatic carbocycles. The van der Waals surface area contributed by atoms with Crippen LogP contribution in [0.15, 0.2) is 22.8 Å². The molecular formula is C10H11BrN2O2. The van der Waals surface area contributed by atoms with Crippen LogP contribution >= 0.6 is 15.9 Å². The number of piperidine rings is 1. The minimum absolute atomic E-state index is 0.149. The van der Waals surface area contributed by atoms with Crippen molar-refractivity contribution in [3.8, 4) is 0 Å². The van der Waals surface area contributed by atoms with Gasteiger partial charge in [-0.15, -0.1) is 0 Å². The summed E-state index contributed by atoms with van der Waals surface area (Å²) in [4.78, 5) is 15.8. The van der Waals surface area contributed by atoms with Gasteiger partial charge in [0.1, 0.15) is 6.23 Å². The first kappa shape index (κ1) is 10.6. The molecule has 1 aromatic heterocycles. The quantitative estimate of drug-likeness (QED) is 0.805. The standard InChI is InChI=1S/C10H11BrN2O2/c11-6-1-3-8(12-5-6)7-2-4-9(14)13-10(7)15/h1,3,5,7,9,14H,2,4H2,(H,13,15). The third-order valence-corrected chi connectivity index (χ3v) is 2.93. The van der Waals surface area contributed by atoms with E-state index in [0.717, 1.165) is 10.2 Å². The fourth-order valence-electron chi connectivity index (χ4n) is 1.67. The molecule has 0 saturated carbocycles. The molecular weight excluding hydrogens is 260 g/mol. The molecule has 2 N–H and O–H groups in total. The lowest BCUT2D eigenvalue weighted by Gasteiger charge is -2.25. The van der Waals surface area contributed by atoms with Crippen LogP contribution in [0.5, 0.6) is 0 Å². The van der Waals surface area contributed by atoms with Gasteiger partial charge in [-0.2, -0.15) is 0 Å². The number of aliphatic hydroxyl groups is 1. The Morgan fingerprint density at radius 1 is 1.47 bits per heavy atom. The molecule has 2 rings (SSSR count). The van der Waals surface area contributed by atoms with Crippen molar-refractivity contribution in [1.29, 1.82) is 0 Å². The number of halogens is 1. The van der Waals surface area contributed by atoms with Crippen molar-refractivity contribution < 1.29 is 9.90 Å². The highest BCUT2D eigenvalue weighted by Crippen LogP contribution is 2.24. The molecule has 1 aromatic rings. The minimum atomic E-state index is -0.704. The molecule has 5 heteroatoms. The van der Waals surface area contributed by atoms with Crippen molar-refractivity contribution in [2.45, 2.75) is 25.0 Å². The van der Waals surface area contributed by atoms with Gasteiger partial charge in [-0.25, -0.2) is 0 Å². The van der Waals surface area contributed by atoms with Crippen LogP contribution in [-0.4, -0.2) is 22.2 Å². The van der Waals surface area contributed by atoms with E-state index in [0.29, 0.717) is 12.8 Å². The summed E-state index contributed by atoms with van der Waals surface area (Å²) in [6.07, 6.45) is 2.19. The predicted molar refractivity (Wildman–Crippen MR) is 58.1 cm³/mol. The summed E-state index contributed by atoms with van der Waals surface area (Å²) in [5.74, 6) is -0.384. The molecule has 80 valence electrons. The van der Waals surface area contributed by atoms with Gasteiger partial charge in [-0.05, 0) is 40.9 Å². The second-order valence-corrected chi connectivity index (χ2v) is 4.47. The normalized spacial score (nSPS) is 26.1. The number of pyridine rings is 1. The Morgan fingerprint density at radius 3 is 2.87 bits per heavy atom. The minimum Gasteiger partial charge on any atom is -0.374 e. The van der Waals surface area contributed by atoms with Gasteiger partial charge in [-0.1, -0.05) is 0 Å². The van der Waals surface area contributed by atoms with Gasteiger partial charge < -0.3 is 10.4 Å². The molecule has 0 aliphatic carbocycles. The number of nitrogens with one attached hydrogen (secondary N) is 1. The molecule has 0 spiro atoms. The Bertz CT molecular complexity index is 366. The zero-order valence-corrected chi connectivity index (χ0v) is 9.57. The van der Waals surface area contributed by atoms with Crippen LogP contribution < -0.4 is 5.32 Å². The maximum atomic E-state index is 11.6. The van der Waals surface area contributed by atoms with Gasteiger partial charge in [0.05, 0.1) is 11.6 Å². The monoisotopic (exact) mass is 270 g/mol. The van der Waals surface area contributed by atoms with Crippen LogP contribution in [0.25, 0.3) is 0 Å². The van der Waals surface area contributed by atoms with Gasteiger partial charge >= 0.3 is 0 Å². The van der Waals surface area contributed by atoms with Gasteiger partial charge in [0, 0.05) is 10.7 Å². The summed E-state index contributed by atoms with van der Waals surface area (Å²) < 4.78 is 0.891. The van der Waals surface area contributed by atoms with Crippen LogP contribution in [0.1, 0.15) is 24.5 Å². The predicted octanol–water partition coefficient (Wildman–Crippen LogP) is 1.16. The number of hydrogen-bond acceptors (Lipinski definition) is 3. The summed E-state index contributed by atoms with van der Waals surface area (Å²) in [5.41, 5.74) is 0.752. The smallest absolute Gasteiger partial charge is 0.231 e. The molecule has 15 heavy (non-hydrogen) atoms. The van der Waals surface area contributed by atoms with E-state index in [1.54, 1.807) is 6.20 Å². The molecule has 1 amide bonds. The fourth-order valence-corrected chi connectivity index (χ4v) is 1.90. The average molecular weight is 271 g/mol. The number of aromatic nitrogens is 1. The molecule has 1 aliphatic rings. The van der Waals surface area contributed by atoms with E-state index in [2.05, 4.69) is 26.2 Å². The molecule has 2 heterocycles. The number of amides is 1. The van der Waals surface area contributed by atoms with E-state index in [9.17, 15) is 9.90 Å². The third-order valence-electron chi connectivity index (χ3n) is 2.46. The lowest BCUT2D eigenvalue weighted by molar-refractivity contribution is -0.128. The van der Waals surface area contributed by atoms with Crippen molar-refractivity contribution in [3.63, 3.8) is 0 Å². The Morgan fingerprint density at radius 2 is 2.27 bits per heavy atom. The maximum Gasteiger partial charge on any atom is 0.231 e. The number of nitrogens with zero attached hydrogens (tertiary/aromatic N) is 1. The van der Waals surface area contributed by atoms with E-state index in [4.69, 9.17) is 0 Å². The summed E-state index contributed by atoms with van der Waals surface area (Å²) >= 11 is 3.29. The summed E-state index contributed by atoms with van der Waals surface area (Å²) in [6, 6.07) is 3.69. The van der Waals surface area contributed by atoms with Crippen LogP contribution in [0.2, 0.25) is 0 Å². The van der Waals surface area contributed by atoms with E-state index in [1.165, 1.54) is 0 Å². The molecule has 2 unspecified atom stereocenters. The second-order valence-electron chi connectivity index (χ2n) is 3.56. The highest BCUT2D eigenvalue weighted by Gasteiger charge is 2.28. The first-order valence-electron chi connectivity index (χ1n) is 4.76. The number of carbonyl (C=O) groups excluding carboxylic acids is 1. The van der Waals surface area contributed by atoms with Crippen molar-refractivity contribution in [2.75, 3.05) is 0 Å². The maximum absolute atomic E-state index is 11.6. The fraction of sp³-hybridized carbons (Fsp3) is 0.400. The average Bonchev–Trinajstić information content (AvgIpc) is 2.20. The van der Waals surface area contributed by atoms with Crippen LogP contribution in [-0.2, 0) is 4.79 Å². The van der Waals surface area contributed by atoms with Gasteiger partial charge in [0.25, 0.3) is 0 Å². The largest absolute Gasteiger partial charge is 0.374 e. The zero-order chi connectivity index (χ0) is 10.8. The van der Waals surface area contributed by atoms with E-state index >= 15 is 0 Å². The molecule has 0 bridgehead atoms. The Kier molecular flexibility index (Phi) is 3.02. The SMILES string of the molecule is O=C1NC(O)CCC1c1ccc(Br)cn1. The first-order valence-corrected chi connectivity index (χ1v) is 5.56. The van der Waals surface area contributed by atoms with Crippen molar-refractivity contribution in [1.82, 2.24) is 10.3 Å². The van der Waals surface area contributed by atoms with E-state index in [-0.39, 0.29) is 11.8 Å². The molecule has 1 saturated heterocycles. The molecule has 1 aliphatic heterocycles. The lowest BCUT2D eigenvalue weighted by atomic mass is 9.94. The number of carbonyl (C=O) groups is 1. The number of aliphatic hydroxyl groups excluding tert-OH is 1. The zero-order valence-electron chi connectivity index (χ0n) is 7.98. The number of hydrogen-bond donors (Lipinski definition) is 2. The van der Waals surface area contributed by atoms with Crippen LogP contribution in [0.3, 0.4) is 0 Å². The summed E-state index contributed by atoms with van der Waals surface area (Å²) in [7, 11) is 0. The Hall–Kier alpha value is -0.940.